The van der Waals surface area contributed by atoms with E-state index >= 15 is 0 Å². The molecule has 0 heterocycles. The number of nitrogens with one attached hydrogen (secondary N) is 1. The number of benzene rings is 2. The Kier molecular flexibility index (Phi) is 17.7. The molecule has 0 atom stereocenters. The molecule has 1 aliphatic rings. The minimum atomic E-state index is -0.605. The van der Waals surface area contributed by atoms with E-state index in [0.29, 0.717) is 22.2 Å². The lowest BCUT2D eigenvalue weighted by molar-refractivity contribution is -0.143. The van der Waals surface area contributed by atoms with Gasteiger partial charge in [0, 0.05) is 29.3 Å². The molecule has 3 rings (SSSR count). The van der Waals surface area contributed by atoms with Crippen LogP contribution in [0, 0.1) is 11.8 Å². The average Bonchev–Trinajstić information content (AvgIpc) is 2.85. The van der Waals surface area contributed by atoms with E-state index in [9.17, 15) is 9.59 Å². The standard InChI is InChI=1S/C15H13Cl2NO2.C8H14O2.C2H6O.CH5N/c1-20-15-5-3-12(16)7-11(15)8-18-14-4-2-10(9-19)6-13(14)17;1-6-2-4-7(5-3-6)8(9)10;1-2-3;1-2/h2-7,9,18H,8H2,1H3;6-7H,2-5H2,1H3,(H,9,10);3H,2H2,1H3;2H2,1H3. The summed E-state index contributed by atoms with van der Waals surface area (Å²) in [7, 11) is 3.11. The van der Waals surface area contributed by atoms with Gasteiger partial charge in [0.2, 0.25) is 0 Å². The van der Waals surface area contributed by atoms with E-state index in [0.717, 1.165) is 54.9 Å². The summed E-state index contributed by atoms with van der Waals surface area (Å²) >= 11 is 12.1. The van der Waals surface area contributed by atoms with Crippen molar-refractivity contribution < 1.29 is 24.5 Å². The normalized spacial score (nSPS) is 16.1. The number of hydrogen-bond acceptors (Lipinski definition) is 6. The molecule has 7 nitrogen and oxygen atoms in total. The van der Waals surface area contributed by atoms with Gasteiger partial charge in [-0.15, -0.1) is 0 Å². The van der Waals surface area contributed by atoms with Gasteiger partial charge in [-0.05, 0) is 82.0 Å². The molecule has 9 heteroatoms. The van der Waals surface area contributed by atoms with E-state index in [2.05, 4.69) is 18.0 Å². The van der Waals surface area contributed by atoms with E-state index in [4.69, 9.17) is 38.2 Å². The van der Waals surface area contributed by atoms with Crippen molar-refractivity contribution in [3.05, 3.63) is 57.6 Å². The third-order valence-electron chi connectivity index (χ3n) is 5.21. The van der Waals surface area contributed by atoms with Gasteiger partial charge >= 0.3 is 5.97 Å². The predicted molar refractivity (Wildman–Crippen MR) is 144 cm³/mol. The fraction of sp³-hybridized carbons (Fsp3) is 0.462. The Labute approximate surface area is 218 Å². The zero-order chi connectivity index (χ0) is 26.8. The molecule has 0 amide bonds. The maximum Gasteiger partial charge on any atom is 0.306 e. The molecule has 35 heavy (non-hydrogen) atoms. The second kappa shape index (κ2) is 18.9. The van der Waals surface area contributed by atoms with Crippen molar-refractivity contribution in [2.75, 3.05) is 26.1 Å². The molecule has 1 aliphatic carbocycles. The maximum absolute atomic E-state index is 10.7. The summed E-state index contributed by atoms with van der Waals surface area (Å²) in [5.74, 6) is 0.848. The summed E-state index contributed by atoms with van der Waals surface area (Å²) < 4.78 is 5.28. The minimum Gasteiger partial charge on any atom is -0.496 e. The quantitative estimate of drug-likeness (QED) is 0.344. The molecule has 196 valence electrons. The number of ether oxygens (including phenoxy) is 1. The molecule has 0 radical (unpaired) electrons. The average molecular weight is 530 g/mol. The van der Waals surface area contributed by atoms with Crippen LogP contribution in [-0.4, -0.2) is 43.2 Å². The number of carboxylic acid groups (broad SMARTS) is 1. The van der Waals surface area contributed by atoms with Crippen LogP contribution in [-0.2, 0) is 11.3 Å². The van der Waals surface area contributed by atoms with Gasteiger partial charge in [0.25, 0.3) is 0 Å². The number of aliphatic hydroxyl groups is 1. The Bertz CT molecular complexity index is 888. The molecule has 0 aromatic heterocycles. The first-order valence-electron chi connectivity index (χ1n) is 11.5. The highest BCUT2D eigenvalue weighted by Gasteiger charge is 2.23. The van der Waals surface area contributed by atoms with Crippen molar-refractivity contribution in [3.8, 4) is 5.75 Å². The van der Waals surface area contributed by atoms with Crippen molar-refractivity contribution >= 4 is 41.1 Å². The Morgan fingerprint density at radius 1 is 1.14 bits per heavy atom. The molecule has 2 aromatic rings. The molecule has 0 unspecified atom stereocenters. The van der Waals surface area contributed by atoms with Gasteiger partial charge in [-0.3, -0.25) is 9.59 Å². The summed E-state index contributed by atoms with van der Waals surface area (Å²) in [5.41, 5.74) is 6.72. The van der Waals surface area contributed by atoms with E-state index < -0.39 is 5.97 Å². The van der Waals surface area contributed by atoms with Gasteiger partial charge in [-0.1, -0.05) is 30.1 Å². The van der Waals surface area contributed by atoms with E-state index in [1.807, 2.05) is 12.1 Å². The van der Waals surface area contributed by atoms with E-state index in [1.54, 1.807) is 38.3 Å². The van der Waals surface area contributed by atoms with Crippen LogP contribution in [0.3, 0.4) is 0 Å². The van der Waals surface area contributed by atoms with Crippen LogP contribution < -0.4 is 15.8 Å². The first kappa shape index (κ1) is 32.7. The lowest BCUT2D eigenvalue weighted by Crippen LogP contribution is -2.19. The Morgan fingerprint density at radius 2 is 1.74 bits per heavy atom. The third kappa shape index (κ3) is 12.8. The monoisotopic (exact) mass is 528 g/mol. The Hall–Kier alpha value is -2.32. The molecular weight excluding hydrogens is 491 g/mol. The van der Waals surface area contributed by atoms with Gasteiger partial charge < -0.3 is 26.0 Å². The minimum absolute atomic E-state index is 0.0452. The lowest BCUT2D eigenvalue weighted by atomic mass is 9.83. The second-order valence-corrected chi connectivity index (χ2v) is 8.62. The number of nitrogens with two attached hydrogens (primary N) is 1. The molecule has 2 aromatic carbocycles. The molecular formula is C26H38Cl2N2O5. The summed E-state index contributed by atoms with van der Waals surface area (Å²) in [6.07, 6.45) is 4.72. The molecule has 5 N–H and O–H groups in total. The van der Waals surface area contributed by atoms with Crippen molar-refractivity contribution in [1.29, 1.82) is 0 Å². The van der Waals surface area contributed by atoms with Crippen molar-refractivity contribution in [2.24, 2.45) is 17.6 Å². The second-order valence-electron chi connectivity index (χ2n) is 7.78. The zero-order valence-corrected chi connectivity index (χ0v) is 22.4. The number of aldehydes is 1. The first-order chi connectivity index (χ1) is 16.7. The molecule has 1 fully saturated rings. The Morgan fingerprint density at radius 3 is 2.23 bits per heavy atom. The maximum atomic E-state index is 10.7. The fourth-order valence-electron chi connectivity index (χ4n) is 3.33. The Balaban J connectivity index is 0.000000644. The third-order valence-corrected chi connectivity index (χ3v) is 5.75. The number of carbonyl (C=O) groups is 2. The molecule has 0 spiro atoms. The summed E-state index contributed by atoms with van der Waals surface area (Å²) in [6.45, 7) is 4.64. The van der Waals surface area contributed by atoms with Crippen LogP contribution >= 0.6 is 23.2 Å². The van der Waals surface area contributed by atoms with Crippen molar-refractivity contribution in [2.45, 2.75) is 46.1 Å². The number of aliphatic hydroxyl groups excluding tert-OH is 1. The predicted octanol–water partition coefficient (Wildman–Crippen LogP) is 5.90. The smallest absolute Gasteiger partial charge is 0.306 e. The number of methoxy groups -OCH3 is 1. The van der Waals surface area contributed by atoms with Gasteiger partial charge in [-0.25, -0.2) is 0 Å². The largest absolute Gasteiger partial charge is 0.496 e. The van der Waals surface area contributed by atoms with Crippen molar-refractivity contribution in [3.63, 3.8) is 0 Å². The molecule has 1 saturated carbocycles. The van der Waals surface area contributed by atoms with Gasteiger partial charge in [-0.2, -0.15) is 0 Å². The number of rotatable bonds is 6. The molecule has 0 saturated heterocycles. The summed E-state index contributed by atoms with van der Waals surface area (Å²) in [6, 6.07) is 10.5. The molecule has 0 bridgehead atoms. The zero-order valence-electron chi connectivity index (χ0n) is 20.9. The number of carbonyl (C=O) groups excluding carboxylic acids is 1. The highest BCUT2D eigenvalue weighted by molar-refractivity contribution is 6.33. The number of halogens is 2. The first-order valence-corrected chi connectivity index (χ1v) is 12.2. The van der Waals surface area contributed by atoms with Crippen LogP contribution in [0.25, 0.3) is 0 Å². The lowest BCUT2D eigenvalue weighted by Gasteiger charge is -2.22. The molecule has 0 aliphatic heterocycles. The number of anilines is 1. The van der Waals surface area contributed by atoms with E-state index in [1.165, 1.54) is 7.05 Å². The van der Waals surface area contributed by atoms with Crippen LogP contribution in [0.4, 0.5) is 5.69 Å². The fourth-order valence-corrected chi connectivity index (χ4v) is 3.78. The van der Waals surface area contributed by atoms with Crippen LogP contribution in [0.2, 0.25) is 10.0 Å². The van der Waals surface area contributed by atoms with Gasteiger partial charge in [0.1, 0.15) is 12.0 Å². The van der Waals surface area contributed by atoms with Crippen LogP contribution in [0.15, 0.2) is 36.4 Å². The topological polar surface area (TPSA) is 122 Å². The highest BCUT2D eigenvalue weighted by Crippen LogP contribution is 2.28. The van der Waals surface area contributed by atoms with E-state index in [-0.39, 0.29) is 12.5 Å². The number of carboxylic acids is 1. The van der Waals surface area contributed by atoms with Gasteiger partial charge in [0.15, 0.2) is 0 Å². The van der Waals surface area contributed by atoms with Gasteiger partial charge in [0.05, 0.1) is 23.7 Å². The SMILES string of the molecule is CC1CCC(C(=O)O)CC1.CCO.CN.COc1ccc(Cl)cc1CNc1ccc(C=O)cc1Cl. The number of hydrogen-bond donors (Lipinski definition) is 4. The number of aliphatic carboxylic acids is 1. The van der Waals surface area contributed by atoms with Crippen molar-refractivity contribution in [1.82, 2.24) is 0 Å². The highest BCUT2D eigenvalue weighted by atomic mass is 35.5. The summed E-state index contributed by atoms with van der Waals surface area (Å²) in [4.78, 5) is 21.1. The summed E-state index contributed by atoms with van der Waals surface area (Å²) in [5, 5.41) is 20.5. The van der Waals surface area contributed by atoms with Crippen LogP contribution in [0.5, 0.6) is 5.75 Å². The van der Waals surface area contributed by atoms with Crippen LogP contribution in [0.1, 0.15) is 55.5 Å².